The second-order valence-corrected chi connectivity index (χ2v) is 6.62. The Hall–Kier alpha value is -1.83. The summed E-state index contributed by atoms with van der Waals surface area (Å²) < 4.78 is 5.90. The molecule has 0 fully saturated rings. The summed E-state index contributed by atoms with van der Waals surface area (Å²) in [6, 6.07) is 5.15. The normalized spacial score (nSPS) is 14.4. The fraction of sp³-hybridized carbons (Fsp3) is 0.353. The van der Waals surface area contributed by atoms with Crippen LogP contribution in [0.15, 0.2) is 28.9 Å². The van der Waals surface area contributed by atoms with Crippen molar-refractivity contribution in [2.24, 2.45) is 0 Å². The highest BCUT2D eigenvalue weighted by atomic mass is 79.9. The molecule has 0 aliphatic carbocycles. The lowest BCUT2D eigenvalue weighted by atomic mass is 10.1. The molecular weight excluding hydrogens is 374 g/mol. The van der Waals surface area contributed by atoms with Gasteiger partial charge in [0.2, 0.25) is 0 Å². The second kappa shape index (κ2) is 7.38. The first-order chi connectivity index (χ1) is 11.6. The molecule has 7 heteroatoms. The molecule has 1 N–H and O–H groups in total. The molecule has 0 amide bonds. The summed E-state index contributed by atoms with van der Waals surface area (Å²) in [5, 5.41) is 9.04. The first kappa shape index (κ1) is 17.0. The lowest BCUT2D eigenvalue weighted by Crippen LogP contribution is -2.31. The van der Waals surface area contributed by atoms with E-state index in [4.69, 9.17) is 9.84 Å². The van der Waals surface area contributed by atoms with Crippen LogP contribution in [0.2, 0.25) is 0 Å². The Labute approximate surface area is 148 Å². The number of fused-ring (bicyclic) bond motifs is 1. The molecule has 0 saturated carbocycles. The highest BCUT2D eigenvalue weighted by molar-refractivity contribution is 9.10. The van der Waals surface area contributed by atoms with Gasteiger partial charge in [0.1, 0.15) is 6.61 Å². The summed E-state index contributed by atoms with van der Waals surface area (Å²) in [5.41, 5.74) is 3.59. The zero-order valence-electron chi connectivity index (χ0n) is 13.3. The van der Waals surface area contributed by atoms with E-state index < -0.39 is 5.97 Å². The van der Waals surface area contributed by atoms with Crippen LogP contribution < -0.4 is 0 Å². The number of hydrogen-bond donors (Lipinski definition) is 1. The van der Waals surface area contributed by atoms with E-state index in [0.29, 0.717) is 6.61 Å². The number of carbonyl (C=O) groups is 1. The molecule has 0 saturated heterocycles. The number of aromatic carboxylic acids is 1. The van der Waals surface area contributed by atoms with E-state index in [2.05, 4.69) is 30.8 Å². The van der Waals surface area contributed by atoms with Crippen molar-refractivity contribution < 1.29 is 14.6 Å². The third-order valence-electron chi connectivity index (χ3n) is 4.03. The van der Waals surface area contributed by atoms with Crippen LogP contribution in [0.4, 0.5) is 0 Å². The van der Waals surface area contributed by atoms with E-state index in [0.717, 1.165) is 53.2 Å². The molecule has 3 rings (SSSR count). The maximum atomic E-state index is 11.0. The maximum absolute atomic E-state index is 11.0. The number of hydrogen-bond acceptors (Lipinski definition) is 5. The van der Waals surface area contributed by atoms with Crippen molar-refractivity contribution in [1.82, 2.24) is 14.9 Å². The lowest BCUT2D eigenvalue weighted by Gasteiger charge is -2.28. The minimum atomic E-state index is -0.918. The first-order valence-electron chi connectivity index (χ1n) is 7.63. The Morgan fingerprint density at radius 1 is 1.46 bits per heavy atom. The molecule has 0 bridgehead atoms. The highest BCUT2D eigenvalue weighted by Crippen LogP contribution is 2.24. The number of carboxylic acid groups (broad SMARTS) is 1. The van der Waals surface area contributed by atoms with Gasteiger partial charge in [0.25, 0.3) is 0 Å². The Kier molecular flexibility index (Phi) is 5.23. The fourth-order valence-electron chi connectivity index (χ4n) is 2.80. The Morgan fingerprint density at radius 3 is 3.00 bits per heavy atom. The maximum Gasteiger partial charge on any atom is 0.335 e. The van der Waals surface area contributed by atoms with Crippen LogP contribution in [0, 0.1) is 0 Å². The van der Waals surface area contributed by atoms with Crippen molar-refractivity contribution in [3.05, 3.63) is 57.1 Å². The summed E-state index contributed by atoms with van der Waals surface area (Å²) in [4.78, 5) is 22.2. The summed E-state index contributed by atoms with van der Waals surface area (Å²) in [7, 11) is 1.64. The van der Waals surface area contributed by atoms with Crippen LogP contribution >= 0.6 is 15.9 Å². The van der Waals surface area contributed by atoms with E-state index in [1.165, 1.54) is 0 Å². The number of methoxy groups -OCH3 is 1. The van der Waals surface area contributed by atoms with Gasteiger partial charge < -0.3 is 9.84 Å². The summed E-state index contributed by atoms with van der Waals surface area (Å²) >= 11 is 3.47. The number of nitrogens with zero attached hydrogens (tertiary/aromatic N) is 3. The van der Waals surface area contributed by atoms with Gasteiger partial charge in [-0.2, -0.15) is 0 Å². The molecular formula is C17H18BrN3O3. The number of carboxylic acids is 1. The first-order valence-corrected chi connectivity index (χ1v) is 8.43. The van der Waals surface area contributed by atoms with Crippen molar-refractivity contribution in [3.8, 4) is 0 Å². The average molecular weight is 392 g/mol. The minimum absolute atomic E-state index is 0.286. The van der Waals surface area contributed by atoms with Crippen molar-refractivity contribution in [1.29, 1.82) is 0 Å². The number of benzene rings is 1. The Balaban J connectivity index is 1.71. The predicted octanol–water partition coefficient (Wildman–Crippen LogP) is 2.64. The van der Waals surface area contributed by atoms with Crippen molar-refractivity contribution >= 4 is 21.9 Å². The zero-order chi connectivity index (χ0) is 17.1. The van der Waals surface area contributed by atoms with Gasteiger partial charge in [-0.3, -0.25) is 4.90 Å². The molecule has 2 aromatic rings. The molecule has 0 atom stereocenters. The van der Waals surface area contributed by atoms with Gasteiger partial charge in [-0.1, -0.05) is 22.0 Å². The Bertz CT molecular complexity index is 767. The van der Waals surface area contributed by atoms with Gasteiger partial charge in [0.05, 0.1) is 5.56 Å². The summed E-state index contributed by atoms with van der Waals surface area (Å²) in [6.45, 7) is 2.87. The number of rotatable bonds is 5. The van der Waals surface area contributed by atoms with E-state index in [1.807, 2.05) is 12.3 Å². The molecule has 2 heterocycles. The van der Waals surface area contributed by atoms with Gasteiger partial charge in [-0.25, -0.2) is 14.8 Å². The molecule has 24 heavy (non-hydrogen) atoms. The summed E-state index contributed by atoms with van der Waals surface area (Å²) in [5.74, 6) is -0.199. The van der Waals surface area contributed by atoms with E-state index in [1.54, 1.807) is 19.2 Å². The third-order valence-corrected chi connectivity index (χ3v) is 4.77. The predicted molar refractivity (Wildman–Crippen MR) is 91.7 cm³/mol. The molecule has 1 aromatic carbocycles. The monoisotopic (exact) mass is 391 g/mol. The third kappa shape index (κ3) is 3.80. The SMILES string of the molecule is COCc1ncc2c(n1)CCN(Cc1ccc(C(=O)O)cc1Br)C2. The minimum Gasteiger partial charge on any atom is -0.478 e. The number of ether oxygens (including phenoxy) is 1. The number of aromatic nitrogens is 2. The quantitative estimate of drug-likeness (QED) is 0.843. The molecule has 0 spiro atoms. The van der Waals surface area contributed by atoms with Crippen LogP contribution in [-0.4, -0.2) is 39.6 Å². The zero-order valence-corrected chi connectivity index (χ0v) is 14.9. The van der Waals surface area contributed by atoms with Crippen molar-refractivity contribution in [2.75, 3.05) is 13.7 Å². The van der Waals surface area contributed by atoms with Gasteiger partial charge in [0, 0.05) is 55.1 Å². The van der Waals surface area contributed by atoms with Gasteiger partial charge in [0.15, 0.2) is 5.82 Å². The molecule has 6 nitrogen and oxygen atoms in total. The van der Waals surface area contributed by atoms with E-state index in [-0.39, 0.29) is 5.56 Å². The molecule has 0 unspecified atom stereocenters. The largest absolute Gasteiger partial charge is 0.478 e. The van der Waals surface area contributed by atoms with Crippen LogP contribution in [0.3, 0.4) is 0 Å². The molecule has 1 aliphatic rings. The highest BCUT2D eigenvalue weighted by Gasteiger charge is 2.19. The molecule has 0 radical (unpaired) electrons. The number of halogens is 1. The van der Waals surface area contributed by atoms with E-state index >= 15 is 0 Å². The molecule has 1 aromatic heterocycles. The molecule has 1 aliphatic heterocycles. The fourth-order valence-corrected chi connectivity index (χ4v) is 3.30. The van der Waals surface area contributed by atoms with Gasteiger partial charge in [-0.05, 0) is 17.7 Å². The van der Waals surface area contributed by atoms with Crippen LogP contribution in [0.1, 0.15) is 33.0 Å². The molecule has 126 valence electrons. The lowest BCUT2D eigenvalue weighted by molar-refractivity contribution is 0.0697. The van der Waals surface area contributed by atoms with Crippen LogP contribution in [0.5, 0.6) is 0 Å². The average Bonchev–Trinajstić information content (AvgIpc) is 2.57. The van der Waals surface area contributed by atoms with E-state index in [9.17, 15) is 4.79 Å². The van der Waals surface area contributed by atoms with Crippen molar-refractivity contribution in [3.63, 3.8) is 0 Å². The van der Waals surface area contributed by atoms with Crippen molar-refractivity contribution in [2.45, 2.75) is 26.1 Å². The van der Waals surface area contributed by atoms with Crippen LogP contribution in [0.25, 0.3) is 0 Å². The van der Waals surface area contributed by atoms with Crippen LogP contribution in [-0.2, 0) is 30.9 Å². The Morgan fingerprint density at radius 2 is 2.29 bits per heavy atom. The second-order valence-electron chi connectivity index (χ2n) is 5.76. The summed E-state index contributed by atoms with van der Waals surface area (Å²) in [6.07, 6.45) is 2.75. The topological polar surface area (TPSA) is 75.6 Å². The standard InChI is InChI=1S/C17H18BrN3O3/c1-24-10-16-19-7-13-9-21(5-4-15(13)20-16)8-12-3-2-11(17(22)23)6-14(12)18/h2-3,6-7H,4-5,8-10H2,1H3,(H,22,23). The van der Waals surface area contributed by atoms with Gasteiger partial charge >= 0.3 is 5.97 Å². The van der Waals surface area contributed by atoms with Gasteiger partial charge in [-0.15, -0.1) is 0 Å². The smallest absolute Gasteiger partial charge is 0.335 e.